The molecular weight excluding hydrogens is 326 g/mol. The van der Waals surface area contributed by atoms with Crippen molar-refractivity contribution in [1.29, 1.82) is 0 Å². The van der Waals surface area contributed by atoms with E-state index in [0.717, 1.165) is 23.9 Å². The van der Waals surface area contributed by atoms with Crippen LogP contribution in [0.2, 0.25) is 0 Å². The average molecular weight is 348 g/mol. The summed E-state index contributed by atoms with van der Waals surface area (Å²) in [6.45, 7) is 3.10. The van der Waals surface area contributed by atoms with E-state index in [2.05, 4.69) is 71.6 Å². The van der Waals surface area contributed by atoms with Gasteiger partial charge in [-0.25, -0.2) is 0 Å². The van der Waals surface area contributed by atoms with Crippen LogP contribution in [0.25, 0.3) is 10.8 Å². The smallest absolute Gasteiger partial charge is 0.0619 e. The van der Waals surface area contributed by atoms with Gasteiger partial charge in [-0.15, -0.1) is 0 Å². The maximum absolute atomic E-state index is 5.91. The van der Waals surface area contributed by atoms with E-state index in [9.17, 15) is 0 Å². The maximum Gasteiger partial charge on any atom is 0.0619 e. The van der Waals surface area contributed by atoms with Gasteiger partial charge < -0.3 is 10.1 Å². The van der Waals surface area contributed by atoms with Crippen LogP contribution in [0.3, 0.4) is 0 Å². The molecule has 0 aliphatic carbocycles. The molecule has 1 aliphatic heterocycles. The Kier molecular flexibility index (Phi) is 4.63. The van der Waals surface area contributed by atoms with E-state index >= 15 is 0 Å². The summed E-state index contributed by atoms with van der Waals surface area (Å²) in [5.41, 5.74) is 1.38. The van der Waals surface area contributed by atoms with Crippen LogP contribution >= 0.6 is 15.9 Å². The highest BCUT2D eigenvalue weighted by Gasteiger charge is 2.34. The molecular formula is C18H22BrNO. The second-order valence-electron chi connectivity index (χ2n) is 5.72. The van der Waals surface area contributed by atoms with E-state index in [4.69, 9.17) is 4.74 Å². The summed E-state index contributed by atoms with van der Waals surface area (Å²) in [6.07, 6.45) is 2.58. The Morgan fingerprint density at radius 3 is 2.71 bits per heavy atom. The maximum atomic E-state index is 5.91. The normalized spacial score (nSPS) is 23.6. The molecule has 1 N–H and O–H groups in total. The lowest BCUT2D eigenvalue weighted by molar-refractivity contribution is 0.0784. The van der Waals surface area contributed by atoms with E-state index in [-0.39, 0.29) is 0 Å². The molecule has 3 rings (SSSR count). The summed E-state index contributed by atoms with van der Waals surface area (Å²) < 4.78 is 7.06. The van der Waals surface area contributed by atoms with Gasteiger partial charge in [-0.1, -0.05) is 53.2 Å². The number of benzene rings is 2. The molecule has 0 saturated carbocycles. The zero-order valence-electron chi connectivity index (χ0n) is 12.6. The minimum absolute atomic E-state index is 0.343. The zero-order valence-corrected chi connectivity index (χ0v) is 14.2. The summed E-state index contributed by atoms with van der Waals surface area (Å²) in [5.74, 6) is 0.546. The summed E-state index contributed by atoms with van der Waals surface area (Å²) in [7, 11) is 2.06. The quantitative estimate of drug-likeness (QED) is 0.866. The number of rotatable bonds is 4. The van der Waals surface area contributed by atoms with E-state index in [1.54, 1.807) is 0 Å². The molecule has 1 aliphatic rings. The Bertz CT molecular complexity index is 628. The van der Waals surface area contributed by atoms with Gasteiger partial charge in [-0.3, -0.25) is 0 Å². The fraction of sp³-hybridized carbons (Fsp3) is 0.444. The van der Waals surface area contributed by atoms with Crippen molar-refractivity contribution < 1.29 is 4.74 Å². The largest absolute Gasteiger partial charge is 0.378 e. The van der Waals surface area contributed by atoms with Crippen molar-refractivity contribution in [2.24, 2.45) is 5.92 Å². The van der Waals surface area contributed by atoms with E-state index in [1.807, 2.05) is 0 Å². The lowest BCUT2D eigenvalue weighted by atomic mass is 9.85. The van der Waals surface area contributed by atoms with Crippen LogP contribution in [-0.2, 0) is 4.74 Å². The molecule has 0 radical (unpaired) electrons. The Morgan fingerprint density at radius 1 is 1.24 bits per heavy atom. The predicted molar refractivity (Wildman–Crippen MR) is 91.6 cm³/mol. The van der Waals surface area contributed by atoms with Gasteiger partial charge in [-0.2, -0.15) is 0 Å². The van der Waals surface area contributed by atoms with Gasteiger partial charge in [0.2, 0.25) is 0 Å². The fourth-order valence-electron chi connectivity index (χ4n) is 3.62. The molecule has 1 heterocycles. The van der Waals surface area contributed by atoms with E-state index in [0.29, 0.717) is 18.1 Å². The number of halogens is 1. The predicted octanol–water partition coefficient (Wildman–Crippen LogP) is 4.68. The van der Waals surface area contributed by atoms with Crippen molar-refractivity contribution in [3.8, 4) is 0 Å². The van der Waals surface area contributed by atoms with Crippen LogP contribution in [0.1, 0.15) is 31.4 Å². The van der Waals surface area contributed by atoms with Crippen molar-refractivity contribution in [3.63, 3.8) is 0 Å². The van der Waals surface area contributed by atoms with E-state index in [1.165, 1.54) is 16.3 Å². The SMILES string of the molecule is CCC1OCCC1C(NC)c1ccc(Br)c2ccccc12. The van der Waals surface area contributed by atoms with Crippen LogP contribution in [0.15, 0.2) is 40.9 Å². The number of hydrogen-bond acceptors (Lipinski definition) is 2. The molecule has 1 fully saturated rings. The van der Waals surface area contributed by atoms with Crippen molar-refractivity contribution in [2.45, 2.75) is 31.9 Å². The van der Waals surface area contributed by atoms with Crippen LogP contribution in [-0.4, -0.2) is 19.8 Å². The molecule has 3 heteroatoms. The first-order valence-corrected chi connectivity index (χ1v) is 8.51. The molecule has 2 aromatic carbocycles. The highest BCUT2D eigenvalue weighted by Crippen LogP contribution is 2.38. The number of hydrogen-bond donors (Lipinski definition) is 1. The summed E-state index contributed by atoms with van der Waals surface area (Å²) >= 11 is 3.67. The monoisotopic (exact) mass is 347 g/mol. The number of fused-ring (bicyclic) bond motifs is 1. The summed E-state index contributed by atoms with van der Waals surface area (Å²) in [6, 6.07) is 13.4. The highest BCUT2D eigenvalue weighted by molar-refractivity contribution is 9.10. The second-order valence-corrected chi connectivity index (χ2v) is 6.57. The third-order valence-corrected chi connectivity index (χ3v) is 5.33. The topological polar surface area (TPSA) is 21.3 Å². The molecule has 0 amide bonds. The molecule has 0 aromatic heterocycles. The van der Waals surface area contributed by atoms with Gasteiger partial charge in [0.1, 0.15) is 0 Å². The number of ether oxygens (including phenoxy) is 1. The summed E-state index contributed by atoms with van der Waals surface area (Å²) in [4.78, 5) is 0. The minimum Gasteiger partial charge on any atom is -0.378 e. The molecule has 0 bridgehead atoms. The lowest BCUT2D eigenvalue weighted by Gasteiger charge is -2.28. The van der Waals surface area contributed by atoms with Gasteiger partial charge >= 0.3 is 0 Å². The first-order valence-electron chi connectivity index (χ1n) is 7.72. The molecule has 0 spiro atoms. The Balaban J connectivity index is 2.07. The first kappa shape index (κ1) is 15.0. The van der Waals surface area contributed by atoms with Gasteiger partial charge in [0, 0.05) is 23.0 Å². The van der Waals surface area contributed by atoms with Crippen LogP contribution in [0.5, 0.6) is 0 Å². The average Bonchev–Trinajstić information content (AvgIpc) is 2.99. The van der Waals surface area contributed by atoms with Gasteiger partial charge in [-0.05, 0) is 42.3 Å². The molecule has 2 nitrogen and oxygen atoms in total. The molecule has 3 atom stereocenters. The van der Waals surface area contributed by atoms with Crippen LogP contribution in [0, 0.1) is 5.92 Å². The van der Waals surface area contributed by atoms with Crippen molar-refractivity contribution in [3.05, 3.63) is 46.4 Å². The minimum atomic E-state index is 0.343. The van der Waals surface area contributed by atoms with Crippen LogP contribution < -0.4 is 5.32 Å². The highest BCUT2D eigenvalue weighted by atomic mass is 79.9. The summed E-state index contributed by atoms with van der Waals surface area (Å²) in [5, 5.41) is 6.15. The van der Waals surface area contributed by atoms with Crippen molar-refractivity contribution in [1.82, 2.24) is 5.32 Å². The van der Waals surface area contributed by atoms with Gasteiger partial charge in [0.25, 0.3) is 0 Å². The van der Waals surface area contributed by atoms with Crippen LogP contribution in [0.4, 0.5) is 0 Å². The lowest BCUT2D eigenvalue weighted by Crippen LogP contribution is -2.30. The van der Waals surface area contributed by atoms with Gasteiger partial charge in [0.05, 0.1) is 6.10 Å². The first-order chi connectivity index (χ1) is 10.3. The molecule has 3 unspecified atom stereocenters. The molecule has 112 valence electrons. The van der Waals surface area contributed by atoms with Gasteiger partial charge in [0.15, 0.2) is 0 Å². The molecule has 1 saturated heterocycles. The Hall–Kier alpha value is -0.900. The third kappa shape index (κ3) is 2.75. The Morgan fingerprint density at radius 2 is 2.00 bits per heavy atom. The third-order valence-electron chi connectivity index (χ3n) is 4.64. The molecule has 21 heavy (non-hydrogen) atoms. The van der Waals surface area contributed by atoms with E-state index < -0.39 is 0 Å². The number of nitrogens with one attached hydrogen (secondary N) is 1. The zero-order chi connectivity index (χ0) is 14.8. The van der Waals surface area contributed by atoms with Crippen molar-refractivity contribution in [2.75, 3.05) is 13.7 Å². The standard InChI is InChI=1S/C18H22BrNO/c1-3-17-15(10-11-21-17)18(20-2)14-8-9-16(19)13-7-5-4-6-12(13)14/h4-9,15,17-18,20H,3,10-11H2,1-2H3. The molecule has 2 aromatic rings. The Labute approximate surface area is 135 Å². The second kappa shape index (κ2) is 6.47. The van der Waals surface area contributed by atoms with Crippen molar-refractivity contribution >= 4 is 26.7 Å². The fourth-order valence-corrected chi connectivity index (χ4v) is 4.10.